The third-order valence-electron chi connectivity index (χ3n) is 4.99. The maximum atomic E-state index is 12.3. The lowest BCUT2D eigenvalue weighted by Crippen LogP contribution is -2.41. The number of amides is 1. The second-order valence-electron chi connectivity index (χ2n) is 8.63. The standard InChI is InChI=1S/C18H31N5O/c1-18(2,3)13-22-10-6-9-15(11-22)23-12-16(20-21-23)17(24)19-14-7-4-5-8-14/h12,14-15H,4-11,13H2,1-3H3,(H,19,24). The van der Waals surface area contributed by atoms with E-state index >= 15 is 0 Å². The van der Waals surface area contributed by atoms with E-state index in [0.717, 1.165) is 38.9 Å². The molecule has 24 heavy (non-hydrogen) atoms. The van der Waals surface area contributed by atoms with Crippen molar-refractivity contribution in [2.24, 2.45) is 5.41 Å². The minimum Gasteiger partial charge on any atom is -0.348 e. The Morgan fingerprint density at radius 3 is 2.71 bits per heavy atom. The van der Waals surface area contributed by atoms with Crippen LogP contribution >= 0.6 is 0 Å². The van der Waals surface area contributed by atoms with Crippen LogP contribution < -0.4 is 5.32 Å². The van der Waals surface area contributed by atoms with Crippen molar-refractivity contribution >= 4 is 5.91 Å². The zero-order valence-corrected chi connectivity index (χ0v) is 15.3. The number of piperidine rings is 1. The van der Waals surface area contributed by atoms with Crippen LogP contribution in [0.15, 0.2) is 6.20 Å². The molecule has 1 aliphatic heterocycles. The molecule has 134 valence electrons. The number of nitrogens with one attached hydrogen (secondary N) is 1. The van der Waals surface area contributed by atoms with Gasteiger partial charge in [-0.15, -0.1) is 5.10 Å². The Bertz CT molecular complexity index is 556. The predicted octanol–water partition coefficient (Wildman–Crippen LogP) is 2.63. The molecule has 1 aromatic heterocycles. The van der Waals surface area contributed by atoms with Crippen LogP contribution in [0.4, 0.5) is 0 Å². The predicted molar refractivity (Wildman–Crippen MR) is 93.9 cm³/mol. The van der Waals surface area contributed by atoms with Gasteiger partial charge in [0.25, 0.3) is 5.91 Å². The molecule has 1 N–H and O–H groups in total. The van der Waals surface area contributed by atoms with Gasteiger partial charge in [-0.3, -0.25) is 4.79 Å². The van der Waals surface area contributed by atoms with E-state index in [2.05, 4.69) is 41.3 Å². The number of carbonyl (C=O) groups is 1. The highest BCUT2D eigenvalue weighted by Crippen LogP contribution is 2.24. The Balaban J connectivity index is 1.58. The fourth-order valence-electron chi connectivity index (χ4n) is 3.95. The quantitative estimate of drug-likeness (QED) is 0.920. The van der Waals surface area contributed by atoms with E-state index in [-0.39, 0.29) is 5.91 Å². The lowest BCUT2D eigenvalue weighted by Gasteiger charge is -2.36. The second-order valence-corrected chi connectivity index (χ2v) is 8.63. The molecule has 3 rings (SSSR count). The van der Waals surface area contributed by atoms with Crippen LogP contribution in [0.2, 0.25) is 0 Å². The zero-order chi connectivity index (χ0) is 17.2. The van der Waals surface area contributed by atoms with Crippen molar-refractivity contribution in [3.8, 4) is 0 Å². The van der Waals surface area contributed by atoms with Gasteiger partial charge in [-0.2, -0.15) is 0 Å². The fraction of sp³-hybridized carbons (Fsp3) is 0.833. The first kappa shape index (κ1) is 17.4. The Morgan fingerprint density at radius 2 is 2.00 bits per heavy atom. The summed E-state index contributed by atoms with van der Waals surface area (Å²) >= 11 is 0. The zero-order valence-electron chi connectivity index (χ0n) is 15.3. The van der Waals surface area contributed by atoms with E-state index < -0.39 is 0 Å². The van der Waals surface area contributed by atoms with Crippen LogP contribution in [0.5, 0.6) is 0 Å². The van der Waals surface area contributed by atoms with Gasteiger partial charge in [-0.05, 0) is 37.6 Å². The monoisotopic (exact) mass is 333 g/mol. The average molecular weight is 333 g/mol. The highest BCUT2D eigenvalue weighted by molar-refractivity contribution is 5.92. The van der Waals surface area contributed by atoms with Crippen LogP contribution in [0.3, 0.4) is 0 Å². The Kier molecular flexibility index (Phi) is 5.23. The summed E-state index contributed by atoms with van der Waals surface area (Å²) < 4.78 is 1.90. The number of rotatable bonds is 4. The van der Waals surface area contributed by atoms with Crippen molar-refractivity contribution in [2.75, 3.05) is 19.6 Å². The van der Waals surface area contributed by atoms with Crippen LogP contribution in [-0.2, 0) is 0 Å². The van der Waals surface area contributed by atoms with Crippen molar-refractivity contribution in [1.29, 1.82) is 0 Å². The molecule has 0 aromatic carbocycles. The van der Waals surface area contributed by atoms with Gasteiger partial charge in [0.15, 0.2) is 5.69 Å². The molecule has 0 bridgehead atoms. The van der Waals surface area contributed by atoms with E-state index in [1.54, 1.807) is 0 Å². The fourth-order valence-corrected chi connectivity index (χ4v) is 3.95. The van der Waals surface area contributed by atoms with E-state index in [1.165, 1.54) is 19.3 Å². The number of hydrogen-bond donors (Lipinski definition) is 1. The van der Waals surface area contributed by atoms with Crippen molar-refractivity contribution in [2.45, 2.75) is 71.4 Å². The molecule has 6 nitrogen and oxygen atoms in total. The Hall–Kier alpha value is -1.43. The molecular weight excluding hydrogens is 302 g/mol. The van der Waals surface area contributed by atoms with Gasteiger partial charge in [0, 0.05) is 19.1 Å². The smallest absolute Gasteiger partial charge is 0.273 e. The highest BCUT2D eigenvalue weighted by Gasteiger charge is 2.26. The first-order valence-electron chi connectivity index (χ1n) is 9.36. The van der Waals surface area contributed by atoms with Gasteiger partial charge in [0.1, 0.15) is 0 Å². The van der Waals surface area contributed by atoms with Gasteiger partial charge in [0.2, 0.25) is 0 Å². The molecule has 0 radical (unpaired) electrons. The number of carbonyl (C=O) groups excluding carboxylic acids is 1. The minimum absolute atomic E-state index is 0.0736. The molecule has 2 heterocycles. The molecule has 2 fully saturated rings. The largest absolute Gasteiger partial charge is 0.348 e. The Morgan fingerprint density at radius 1 is 1.25 bits per heavy atom. The summed E-state index contributed by atoms with van der Waals surface area (Å²) in [5, 5.41) is 11.4. The number of nitrogens with zero attached hydrogens (tertiary/aromatic N) is 4. The average Bonchev–Trinajstić information content (AvgIpc) is 3.17. The molecule has 1 unspecified atom stereocenters. The third kappa shape index (κ3) is 4.56. The highest BCUT2D eigenvalue weighted by atomic mass is 16.2. The third-order valence-corrected chi connectivity index (χ3v) is 4.99. The van der Waals surface area contributed by atoms with Gasteiger partial charge in [-0.1, -0.05) is 38.8 Å². The maximum Gasteiger partial charge on any atom is 0.273 e. The lowest BCUT2D eigenvalue weighted by molar-refractivity contribution is 0.0932. The van der Waals surface area contributed by atoms with Crippen LogP contribution in [0, 0.1) is 5.41 Å². The number of likely N-dealkylation sites (tertiary alicyclic amines) is 1. The first-order valence-corrected chi connectivity index (χ1v) is 9.36. The SMILES string of the molecule is CC(C)(C)CN1CCCC(n2cc(C(=O)NC3CCCC3)nn2)C1. The molecule has 6 heteroatoms. The van der Waals surface area contributed by atoms with Crippen LogP contribution in [0.25, 0.3) is 0 Å². The van der Waals surface area contributed by atoms with Gasteiger partial charge in [-0.25, -0.2) is 4.68 Å². The molecule has 1 saturated carbocycles. The summed E-state index contributed by atoms with van der Waals surface area (Å²) in [5.74, 6) is -0.0736. The van der Waals surface area contributed by atoms with Gasteiger partial charge >= 0.3 is 0 Å². The van der Waals surface area contributed by atoms with Crippen molar-refractivity contribution in [3.05, 3.63) is 11.9 Å². The second kappa shape index (κ2) is 7.21. The molecule has 1 amide bonds. The molecule has 0 spiro atoms. The van der Waals surface area contributed by atoms with E-state index in [1.807, 2.05) is 10.9 Å². The number of aromatic nitrogens is 3. The van der Waals surface area contributed by atoms with Crippen LogP contribution in [-0.4, -0.2) is 51.5 Å². The normalized spacial score (nSPS) is 23.5. The summed E-state index contributed by atoms with van der Waals surface area (Å²) in [5.41, 5.74) is 0.756. The van der Waals surface area contributed by atoms with Crippen molar-refractivity contribution < 1.29 is 4.79 Å². The summed E-state index contributed by atoms with van der Waals surface area (Å²) in [6.07, 6.45) is 8.70. The molecular formula is C18H31N5O. The van der Waals surface area contributed by atoms with Crippen molar-refractivity contribution in [3.63, 3.8) is 0 Å². The maximum absolute atomic E-state index is 12.3. The minimum atomic E-state index is -0.0736. The molecule has 1 aliphatic carbocycles. The summed E-state index contributed by atoms with van der Waals surface area (Å²) in [6.45, 7) is 10.1. The van der Waals surface area contributed by atoms with E-state index in [4.69, 9.17) is 0 Å². The summed E-state index contributed by atoms with van der Waals surface area (Å²) in [4.78, 5) is 14.8. The summed E-state index contributed by atoms with van der Waals surface area (Å²) in [6, 6.07) is 0.640. The molecule has 1 atom stereocenters. The van der Waals surface area contributed by atoms with Crippen molar-refractivity contribution in [1.82, 2.24) is 25.2 Å². The topological polar surface area (TPSA) is 63.1 Å². The molecule has 1 saturated heterocycles. The van der Waals surface area contributed by atoms with Gasteiger partial charge < -0.3 is 10.2 Å². The lowest BCUT2D eigenvalue weighted by atomic mass is 9.94. The number of hydrogen-bond acceptors (Lipinski definition) is 4. The van der Waals surface area contributed by atoms with E-state index in [0.29, 0.717) is 23.2 Å². The van der Waals surface area contributed by atoms with Gasteiger partial charge in [0.05, 0.1) is 12.2 Å². The summed E-state index contributed by atoms with van der Waals surface area (Å²) in [7, 11) is 0. The Labute approximate surface area is 145 Å². The first-order chi connectivity index (χ1) is 11.4. The molecule has 2 aliphatic rings. The van der Waals surface area contributed by atoms with Crippen LogP contribution in [0.1, 0.15) is 75.8 Å². The molecule has 1 aromatic rings. The van der Waals surface area contributed by atoms with E-state index in [9.17, 15) is 4.79 Å².